The molecular formula is C27H29F3N4O3. The molecule has 1 amide bonds. The van der Waals surface area contributed by atoms with E-state index in [1.807, 2.05) is 30.3 Å². The maximum Gasteiger partial charge on any atom is 0.416 e. The highest BCUT2D eigenvalue weighted by Crippen LogP contribution is 2.40. The maximum absolute atomic E-state index is 13.2. The van der Waals surface area contributed by atoms with Gasteiger partial charge in [-0.3, -0.25) is 9.69 Å². The van der Waals surface area contributed by atoms with Crippen LogP contribution in [0.25, 0.3) is 0 Å². The maximum atomic E-state index is 13.2. The second-order valence-electron chi connectivity index (χ2n) is 8.74. The smallest absolute Gasteiger partial charge is 0.416 e. The number of fused-ring (bicyclic) bond motifs is 1. The zero-order chi connectivity index (χ0) is 26.6. The van der Waals surface area contributed by atoms with Crippen molar-refractivity contribution in [2.75, 3.05) is 27.8 Å². The Morgan fingerprint density at radius 3 is 2.30 bits per heavy atom. The van der Waals surface area contributed by atoms with Crippen molar-refractivity contribution in [1.29, 1.82) is 0 Å². The molecule has 1 aliphatic heterocycles. The molecule has 0 unspecified atom stereocenters. The Balaban J connectivity index is 1.73. The molecule has 7 nitrogen and oxygen atoms in total. The van der Waals surface area contributed by atoms with Gasteiger partial charge in [0.1, 0.15) is 6.04 Å². The van der Waals surface area contributed by atoms with Gasteiger partial charge in [0.25, 0.3) is 11.8 Å². The Bertz CT molecular complexity index is 1220. The molecule has 0 aliphatic carbocycles. The van der Waals surface area contributed by atoms with E-state index in [0.29, 0.717) is 31.5 Å². The van der Waals surface area contributed by atoms with Gasteiger partial charge in [-0.1, -0.05) is 42.5 Å². The van der Waals surface area contributed by atoms with Crippen LogP contribution in [0.3, 0.4) is 0 Å². The largest absolute Gasteiger partial charge is 0.477 e. The second kappa shape index (κ2) is 11.2. The van der Waals surface area contributed by atoms with Crippen molar-refractivity contribution in [3.63, 3.8) is 0 Å². The summed E-state index contributed by atoms with van der Waals surface area (Å²) >= 11 is 0. The summed E-state index contributed by atoms with van der Waals surface area (Å²) in [4.78, 5) is 24.6. The van der Waals surface area contributed by atoms with E-state index in [9.17, 15) is 18.0 Å². The van der Waals surface area contributed by atoms with Crippen LogP contribution in [0.2, 0.25) is 0 Å². The molecule has 0 spiro atoms. The average Bonchev–Trinajstić information content (AvgIpc) is 2.91. The number of carbonyl (C=O) groups is 1. The fourth-order valence-corrected chi connectivity index (χ4v) is 4.75. The lowest BCUT2D eigenvalue weighted by molar-refractivity contribution is -0.137. The molecule has 1 N–H and O–H groups in total. The van der Waals surface area contributed by atoms with Gasteiger partial charge in [0.15, 0.2) is 0 Å². The zero-order valence-electron chi connectivity index (χ0n) is 20.9. The molecule has 1 aromatic heterocycles. The van der Waals surface area contributed by atoms with E-state index in [1.165, 1.54) is 26.4 Å². The van der Waals surface area contributed by atoms with Crippen molar-refractivity contribution in [1.82, 2.24) is 20.2 Å². The predicted molar refractivity (Wildman–Crippen MR) is 131 cm³/mol. The van der Waals surface area contributed by atoms with Gasteiger partial charge in [-0.2, -0.15) is 13.2 Å². The Hall–Kier alpha value is -3.66. The number of rotatable bonds is 8. The number of nitrogens with zero attached hydrogens (tertiary/aromatic N) is 3. The number of aromatic nitrogens is 2. The van der Waals surface area contributed by atoms with Crippen LogP contribution in [0.15, 0.2) is 54.6 Å². The number of amides is 1. The predicted octanol–water partition coefficient (Wildman–Crippen LogP) is 4.53. The van der Waals surface area contributed by atoms with E-state index in [-0.39, 0.29) is 23.7 Å². The number of methoxy groups -OCH3 is 2. The van der Waals surface area contributed by atoms with Gasteiger partial charge >= 0.3 is 6.18 Å². The monoisotopic (exact) mass is 514 g/mol. The third-order valence-electron chi connectivity index (χ3n) is 6.58. The molecular weight excluding hydrogens is 485 g/mol. The molecule has 4 rings (SSSR count). The minimum absolute atomic E-state index is 0.164. The van der Waals surface area contributed by atoms with Crippen LogP contribution in [-0.2, 0) is 23.8 Å². The van der Waals surface area contributed by atoms with Gasteiger partial charge in [-0.25, -0.2) is 9.97 Å². The first-order valence-corrected chi connectivity index (χ1v) is 11.9. The summed E-state index contributed by atoms with van der Waals surface area (Å²) in [5, 5.41) is 2.77. The first kappa shape index (κ1) is 26.4. The third kappa shape index (κ3) is 5.69. The van der Waals surface area contributed by atoms with Crippen molar-refractivity contribution in [3.8, 4) is 11.8 Å². The lowest BCUT2D eigenvalue weighted by atomic mass is 9.91. The van der Waals surface area contributed by atoms with Gasteiger partial charge in [-0.15, -0.1) is 0 Å². The molecule has 0 fully saturated rings. The number of nitrogens with one attached hydrogen (secondary N) is 1. The summed E-state index contributed by atoms with van der Waals surface area (Å²) in [5.74, 6) is 0.351. The van der Waals surface area contributed by atoms with Crippen LogP contribution >= 0.6 is 0 Å². The molecule has 0 radical (unpaired) electrons. The van der Waals surface area contributed by atoms with Crippen LogP contribution in [0, 0.1) is 0 Å². The van der Waals surface area contributed by atoms with E-state index >= 15 is 0 Å². The minimum atomic E-state index is -4.39. The molecule has 3 aromatic rings. The van der Waals surface area contributed by atoms with Crippen molar-refractivity contribution < 1.29 is 27.4 Å². The Kier molecular flexibility index (Phi) is 7.97. The molecule has 0 saturated carbocycles. The van der Waals surface area contributed by atoms with E-state index in [2.05, 4.69) is 15.2 Å². The highest BCUT2D eigenvalue weighted by molar-refractivity contribution is 5.83. The van der Waals surface area contributed by atoms with Crippen LogP contribution < -0.4 is 14.8 Å². The average molecular weight is 515 g/mol. The lowest BCUT2D eigenvalue weighted by Crippen LogP contribution is -2.45. The summed E-state index contributed by atoms with van der Waals surface area (Å²) in [6.07, 6.45) is -2.87. The number of likely N-dealkylation sites (N-methyl/N-ethyl adjacent to an activating group) is 1. The van der Waals surface area contributed by atoms with Crippen molar-refractivity contribution in [2.45, 2.75) is 37.5 Å². The molecule has 1 aliphatic rings. The second-order valence-corrected chi connectivity index (χ2v) is 8.74. The SMILES string of the molecule is CNC(=O)[C@@H](c1ccccc1)N1CCc2nc(OC)c(OC)nc2[C@@H]1CCc1ccc(C(F)(F)F)cc1. The minimum Gasteiger partial charge on any atom is -0.477 e. The van der Waals surface area contributed by atoms with E-state index in [4.69, 9.17) is 14.5 Å². The number of benzene rings is 2. The summed E-state index contributed by atoms with van der Waals surface area (Å²) in [6.45, 7) is 0.530. The molecule has 2 atom stereocenters. The zero-order valence-corrected chi connectivity index (χ0v) is 20.9. The summed E-state index contributed by atoms with van der Waals surface area (Å²) in [6, 6.07) is 13.7. The Morgan fingerprint density at radius 1 is 1.05 bits per heavy atom. The van der Waals surface area contributed by atoms with Gasteiger partial charge in [-0.05, 0) is 36.1 Å². The molecule has 2 aromatic carbocycles. The summed E-state index contributed by atoms with van der Waals surface area (Å²) in [7, 11) is 4.57. The van der Waals surface area contributed by atoms with Crippen molar-refractivity contribution in [3.05, 3.63) is 82.7 Å². The number of alkyl halides is 3. The van der Waals surface area contributed by atoms with E-state index < -0.39 is 17.8 Å². The number of hydrogen-bond donors (Lipinski definition) is 1. The molecule has 0 bridgehead atoms. The number of ether oxygens (including phenoxy) is 2. The number of halogens is 3. The van der Waals surface area contributed by atoms with Crippen LogP contribution in [-0.4, -0.2) is 48.6 Å². The topological polar surface area (TPSA) is 76.6 Å². The summed E-state index contributed by atoms with van der Waals surface area (Å²) in [5.41, 5.74) is 2.31. The van der Waals surface area contributed by atoms with Gasteiger partial charge < -0.3 is 14.8 Å². The number of aryl methyl sites for hydroxylation is 1. The van der Waals surface area contributed by atoms with Crippen LogP contribution in [0.5, 0.6) is 11.8 Å². The van der Waals surface area contributed by atoms with Crippen molar-refractivity contribution >= 4 is 5.91 Å². The molecule has 10 heteroatoms. The standard InChI is InChI=1S/C27H29F3N4O3/c1-31-24(35)23(18-7-5-4-6-8-18)34-16-15-20-22(33-26(37-3)25(32-20)36-2)21(34)14-11-17-9-12-19(13-10-17)27(28,29)30/h4-10,12-13,21,23H,11,14-16H2,1-3H3,(H,31,35)/t21-,23+/m0/s1. The molecule has 196 valence electrons. The fourth-order valence-electron chi connectivity index (χ4n) is 4.75. The molecule has 0 saturated heterocycles. The first-order chi connectivity index (χ1) is 17.8. The first-order valence-electron chi connectivity index (χ1n) is 11.9. The number of carbonyl (C=O) groups excluding carboxylic acids is 1. The van der Waals surface area contributed by atoms with E-state index in [1.54, 1.807) is 7.05 Å². The third-order valence-corrected chi connectivity index (χ3v) is 6.58. The Labute approximate surface area is 213 Å². The molecule has 37 heavy (non-hydrogen) atoms. The highest BCUT2D eigenvalue weighted by Gasteiger charge is 2.38. The fraction of sp³-hybridized carbons (Fsp3) is 0.370. The van der Waals surface area contributed by atoms with E-state index in [0.717, 1.165) is 29.0 Å². The van der Waals surface area contributed by atoms with Crippen LogP contribution in [0.1, 0.15) is 46.6 Å². The molecule has 2 heterocycles. The quantitative estimate of drug-likeness (QED) is 0.476. The van der Waals surface area contributed by atoms with Gasteiger partial charge in [0.05, 0.1) is 37.2 Å². The normalized spacial score (nSPS) is 16.5. The highest BCUT2D eigenvalue weighted by atomic mass is 19.4. The lowest BCUT2D eigenvalue weighted by Gasteiger charge is -2.40. The van der Waals surface area contributed by atoms with Gasteiger partial charge in [0, 0.05) is 20.0 Å². The Morgan fingerprint density at radius 2 is 1.70 bits per heavy atom. The van der Waals surface area contributed by atoms with Crippen LogP contribution in [0.4, 0.5) is 13.2 Å². The summed E-state index contributed by atoms with van der Waals surface area (Å²) < 4.78 is 49.8. The van der Waals surface area contributed by atoms with Gasteiger partial charge in [0.2, 0.25) is 5.91 Å². The van der Waals surface area contributed by atoms with Crippen molar-refractivity contribution in [2.24, 2.45) is 0 Å². The number of hydrogen-bond acceptors (Lipinski definition) is 6.